The van der Waals surface area contributed by atoms with Crippen molar-refractivity contribution in [2.45, 2.75) is 37.8 Å². The van der Waals surface area contributed by atoms with Gasteiger partial charge in [0.05, 0.1) is 49.0 Å². The molecule has 0 spiro atoms. The number of halogens is 2. The van der Waals surface area contributed by atoms with Crippen LogP contribution >= 0.6 is 0 Å². The van der Waals surface area contributed by atoms with Crippen molar-refractivity contribution in [1.82, 2.24) is 19.9 Å². The zero-order valence-electron chi connectivity index (χ0n) is 19.8. The highest BCUT2D eigenvalue weighted by molar-refractivity contribution is 5.94. The van der Waals surface area contributed by atoms with Crippen LogP contribution in [0.3, 0.4) is 0 Å². The fourth-order valence-electron chi connectivity index (χ4n) is 5.11. The molecule has 2 fully saturated rings. The number of aromatic nitrogens is 3. The second kappa shape index (κ2) is 9.17. The molecule has 0 radical (unpaired) electrons. The molecule has 4 bridgehead atoms. The number of anilines is 4. The van der Waals surface area contributed by atoms with Crippen LogP contribution in [0.2, 0.25) is 0 Å². The number of rotatable bonds is 2. The zero-order chi connectivity index (χ0) is 24.8. The number of ether oxygens (including phenoxy) is 2. The molecule has 1 saturated carbocycles. The summed E-state index contributed by atoms with van der Waals surface area (Å²) in [5.41, 5.74) is 2.79. The van der Waals surface area contributed by atoms with Crippen molar-refractivity contribution in [2.24, 2.45) is 0 Å². The van der Waals surface area contributed by atoms with Gasteiger partial charge in [-0.05, 0) is 17.7 Å². The first-order valence-corrected chi connectivity index (χ1v) is 12.0. The van der Waals surface area contributed by atoms with Crippen molar-refractivity contribution >= 4 is 40.1 Å². The third-order valence-corrected chi connectivity index (χ3v) is 6.94. The second-order valence-electron chi connectivity index (χ2n) is 9.27. The van der Waals surface area contributed by atoms with Crippen molar-refractivity contribution in [2.75, 3.05) is 48.9 Å². The Labute approximate surface area is 206 Å². The first-order valence-electron chi connectivity index (χ1n) is 12.0. The summed E-state index contributed by atoms with van der Waals surface area (Å²) in [6.45, 7) is 2.29. The number of carbonyl (C=O) groups is 1. The van der Waals surface area contributed by atoms with Gasteiger partial charge in [-0.15, -0.1) is 0 Å². The average molecular weight is 500 g/mol. The number of imidazole rings is 1. The largest absolute Gasteiger partial charge is 0.386 e. The number of morpholine rings is 1. The van der Waals surface area contributed by atoms with Crippen molar-refractivity contribution < 1.29 is 23.0 Å². The van der Waals surface area contributed by atoms with E-state index in [0.717, 1.165) is 5.56 Å². The Balaban J connectivity index is 1.49. The van der Waals surface area contributed by atoms with E-state index in [1.54, 1.807) is 25.2 Å². The highest BCUT2D eigenvalue weighted by Crippen LogP contribution is 2.34. The minimum Gasteiger partial charge on any atom is -0.386 e. The molecule has 3 atom stereocenters. The van der Waals surface area contributed by atoms with Crippen molar-refractivity contribution in [1.29, 1.82) is 0 Å². The Hall–Kier alpha value is -3.51. The second-order valence-corrected chi connectivity index (χ2v) is 9.27. The van der Waals surface area contributed by atoms with Crippen LogP contribution in [0, 0.1) is 5.82 Å². The highest BCUT2D eigenvalue weighted by Gasteiger charge is 2.37. The lowest BCUT2D eigenvalue weighted by atomic mass is 10.1. The maximum absolute atomic E-state index is 15.8. The quantitative estimate of drug-likeness (QED) is 0.494. The number of benzene rings is 1. The molecule has 3 aliphatic rings. The van der Waals surface area contributed by atoms with E-state index >= 15 is 4.39 Å². The summed E-state index contributed by atoms with van der Waals surface area (Å²) in [4.78, 5) is 24.0. The predicted octanol–water partition coefficient (Wildman–Crippen LogP) is 3.15. The normalized spacial score (nSPS) is 24.2. The summed E-state index contributed by atoms with van der Waals surface area (Å²) in [6.07, 6.45) is 0.0826. The van der Waals surface area contributed by atoms with E-state index in [0.29, 0.717) is 49.0 Å². The number of carbonyl (C=O) groups excluding carboxylic acids is 1. The molecule has 1 saturated heterocycles. The van der Waals surface area contributed by atoms with Gasteiger partial charge in [-0.2, -0.15) is 0 Å². The predicted molar refractivity (Wildman–Crippen MR) is 130 cm³/mol. The third kappa shape index (κ3) is 4.09. The van der Waals surface area contributed by atoms with Crippen molar-refractivity contribution in [3.05, 3.63) is 35.9 Å². The summed E-state index contributed by atoms with van der Waals surface area (Å²) >= 11 is 0. The lowest BCUT2D eigenvalue weighted by Crippen LogP contribution is -2.43. The standard InChI is InChI=1S/C24H27F2N7O3/c1-27-17-10-20-29-16-6-13(7-18(21(16)26)32-2-4-35-5-3-32)11-36-19-9-14(25)8-15(19)30-24(34)33-12-28-22(17)23(33)31-20/h6-7,10,12,14-15,19H,2-5,8-9,11H2,1H3,(H,30,34)(H2,27,29,31)/t14-,15?,19?/m1/s1. The maximum Gasteiger partial charge on any atom is 0.328 e. The van der Waals surface area contributed by atoms with Crippen LogP contribution in [-0.4, -0.2) is 72.2 Å². The summed E-state index contributed by atoms with van der Waals surface area (Å²) in [5.74, 6) is -0.0830. The Kier molecular flexibility index (Phi) is 5.84. The van der Waals surface area contributed by atoms with Gasteiger partial charge in [0.2, 0.25) is 0 Å². The van der Waals surface area contributed by atoms with Crippen LogP contribution in [0.4, 0.5) is 36.5 Å². The van der Waals surface area contributed by atoms with E-state index in [-0.39, 0.29) is 30.8 Å². The van der Waals surface area contributed by atoms with Crippen molar-refractivity contribution in [3.8, 4) is 0 Å². The Bertz CT molecular complexity index is 1310. The van der Waals surface area contributed by atoms with Gasteiger partial charge in [-0.25, -0.2) is 28.1 Å². The van der Waals surface area contributed by atoms with Gasteiger partial charge in [0.1, 0.15) is 23.8 Å². The Morgan fingerprint density at radius 3 is 2.83 bits per heavy atom. The van der Waals surface area contributed by atoms with E-state index in [9.17, 15) is 9.18 Å². The van der Waals surface area contributed by atoms with E-state index in [1.807, 2.05) is 4.90 Å². The zero-order valence-corrected chi connectivity index (χ0v) is 19.8. The molecule has 10 nitrogen and oxygen atoms in total. The smallest absolute Gasteiger partial charge is 0.328 e. The molecule has 36 heavy (non-hydrogen) atoms. The minimum absolute atomic E-state index is 0.139. The van der Waals surface area contributed by atoms with E-state index < -0.39 is 30.2 Å². The molecule has 12 heteroatoms. The summed E-state index contributed by atoms with van der Waals surface area (Å²) in [7, 11) is 1.73. The van der Waals surface area contributed by atoms with Crippen LogP contribution in [0.1, 0.15) is 18.4 Å². The molecule has 2 unspecified atom stereocenters. The van der Waals surface area contributed by atoms with Crippen LogP contribution in [0.15, 0.2) is 24.5 Å². The molecule has 4 heterocycles. The minimum atomic E-state index is -1.09. The molecule has 3 aromatic rings. The molecule has 190 valence electrons. The van der Waals surface area contributed by atoms with Crippen LogP contribution in [0.25, 0.3) is 11.2 Å². The summed E-state index contributed by atoms with van der Waals surface area (Å²) in [6, 6.07) is 4.16. The molecule has 1 aliphatic carbocycles. The average Bonchev–Trinajstić information content (AvgIpc) is 3.46. The number of nitrogens with one attached hydrogen (secondary N) is 3. The van der Waals surface area contributed by atoms with Gasteiger partial charge >= 0.3 is 6.03 Å². The monoisotopic (exact) mass is 499 g/mol. The fourth-order valence-corrected chi connectivity index (χ4v) is 5.11. The summed E-state index contributed by atoms with van der Waals surface area (Å²) in [5, 5.41) is 9.04. The number of amides is 1. The Morgan fingerprint density at radius 1 is 1.19 bits per heavy atom. The molecule has 2 aromatic heterocycles. The first-order chi connectivity index (χ1) is 17.5. The molecular weight excluding hydrogens is 472 g/mol. The Morgan fingerprint density at radius 2 is 2.03 bits per heavy atom. The van der Waals surface area contributed by atoms with E-state index in [2.05, 4.69) is 25.9 Å². The topological polar surface area (TPSA) is 106 Å². The van der Waals surface area contributed by atoms with Crippen LogP contribution in [-0.2, 0) is 16.1 Å². The lowest BCUT2D eigenvalue weighted by Gasteiger charge is -2.30. The summed E-state index contributed by atoms with van der Waals surface area (Å²) < 4.78 is 43.0. The van der Waals surface area contributed by atoms with Crippen LogP contribution in [0.5, 0.6) is 0 Å². The van der Waals surface area contributed by atoms with Gasteiger partial charge in [-0.3, -0.25) is 0 Å². The number of fused-ring (bicyclic) bond motifs is 4. The number of hydrogen-bond acceptors (Lipinski definition) is 8. The molecular formula is C24H27F2N7O3. The SMILES string of the molecule is CNc1cc2nc3c1ncn3C(=O)NC1C[C@@H](F)CC1OCc1cc(c(F)c(N3CCOCC3)c1)N2. The third-order valence-electron chi connectivity index (χ3n) is 6.94. The van der Waals surface area contributed by atoms with Gasteiger partial charge in [0.25, 0.3) is 0 Å². The van der Waals surface area contributed by atoms with E-state index in [4.69, 9.17) is 9.47 Å². The highest BCUT2D eigenvalue weighted by atomic mass is 19.1. The lowest BCUT2D eigenvalue weighted by molar-refractivity contribution is 0.0273. The maximum atomic E-state index is 15.8. The van der Waals surface area contributed by atoms with E-state index in [1.165, 1.54) is 10.9 Å². The fraction of sp³-hybridized carbons (Fsp3) is 0.458. The number of nitrogens with zero attached hydrogens (tertiary/aromatic N) is 4. The van der Waals surface area contributed by atoms with Crippen LogP contribution < -0.4 is 20.9 Å². The number of hydrogen-bond donors (Lipinski definition) is 3. The molecule has 1 amide bonds. The van der Waals surface area contributed by atoms with Gasteiger partial charge in [0, 0.05) is 39.0 Å². The molecule has 3 N–H and O–H groups in total. The van der Waals surface area contributed by atoms with Gasteiger partial charge in [-0.1, -0.05) is 0 Å². The molecule has 6 rings (SSSR count). The van der Waals surface area contributed by atoms with Crippen molar-refractivity contribution in [3.63, 3.8) is 0 Å². The number of pyridine rings is 1. The number of alkyl halides is 1. The molecule has 1 aromatic carbocycles. The van der Waals surface area contributed by atoms with Gasteiger partial charge < -0.3 is 30.3 Å². The molecule has 2 aliphatic heterocycles. The van der Waals surface area contributed by atoms with Gasteiger partial charge in [0.15, 0.2) is 11.5 Å². The first kappa shape index (κ1) is 22.9.